The Balaban J connectivity index is 2.10. The summed E-state index contributed by atoms with van der Waals surface area (Å²) in [6.07, 6.45) is 2.03. The largest absolute Gasteiger partial charge is 0.295 e. The van der Waals surface area contributed by atoms with Crippen molar-refractivity contribution in [2.75, 3.05) is 6.26 Å². The molecule has 2 aromatic rings. The minimum atomic E-state index is 0.0520. The second-order valence-corrected chi connectivity index (χ2v) is 4.88. The molecule has 96 valence electrons. The number of rotatable bonds is 4. The monoisotopic (exact) mass is 270 g/mol. The second kappa shape index (κ2) is 6.29. The van der Waals surface area contributed by atoms with Gasteiger partial charge in [0.2, 0.25) is 0 Å². The van der Waals surface area contributed by atoms with Crippen molar-refractivity contribution in [3.8, 4) is 0 Å². The van der Waals surface area contributed by atoms with Crippen LogP contribution in [-0.2, 0) is 0 Å². The van der Waals surface area contributed by atoms with Gasteiger partial charge in [0, 0.05) is 10.5 Å². The maximum atomic E-state index is 11.1. The molecular weight excluding hydrogens is 256 g/mol. The van der Waals surface area contributed by atoms with Gasteiger partial charge in [-0.25, -0.2) is 0 Å². The van der Waals surface area contributed by atoms with E-state index in [1.165, 1.54) is 4.90 Å². The zero-order valence-corrected chi connectivity index (χ0v) is 11.6. The lowest BCUT2D eigenvalue weighted by atomic mass is 10.1. The summed E-state index contributed by atoms with van der Waals surface area (Å²) in [7, 11) is 0. The summed E-state index contributed by atoms with van der Waals surface area (Å²) >= 11 is 1.69. The van der Waals surface area contributed by atoms with E-state index in [0.29, 0.717) is 5.56 Å². The molecule has 0 bridgehead atoms. The Kier molecular flexibility index (Phi) is 4.47. The average molecular weight is 270 g/mol. The van der Waals surface area contributed by atoms with E-state index in [4.69, 9.17) is 0 Å². The van der Waals surface area contributed by atoms with Crippen LogP contribution in [0.5, 0.6) is 0 Å². The number of azo groups is 1. The van der Waals surface area contributed by atoms with Crippen molar-refractivity contribution >= 4 is 28.9 Å². The number of ketones is 1. The summed E-state index contributed by atoms with van der Waals surface area (Å²) in [5.41, 5.74) is 2.23. The third-order valence-electron chi connectivity index (χ3n) is 2.63. The highest BCUT2D eigenvalue weighted by atomic mass is 32.2. The van der Waals surface area contributed by atoms with Gasteiger partial charge in [0.25, 0.3) is 0 Å². The molecule has 2 rings (SSSR count). The Morgan fingerprint density at radius 3 is 1.79 bits per heavy atom. The van der Waals surface area contributed by atoms with Crippen LogP contribution in [-0.4, -0.2) is 12.0 Å². The fourth-order valence-electron chi connectivity index (χ4n) is 1.53. The van der Waals surface area contributed by atoms with Gasteiger partial charge in [-0.1, -0.05) is 0 Å². The molecule has 0 radical (unpaired) electrons. The summed E-state index contributed by atoms with van der Waals surface area (Å²) in [6, 6.07) is 15.0. The molecule has 0 heterocycles. The zero-order valence-electron chi connectivity index (χ0n) is 10.8. The van der Waals surface area contributed by atoms with E-state index in [-0.39, 0.29) is 5.78 Å². The highest BCUT2D eigenvalue weighted by molar-refractivity contribution is 7.98. The molecule has 0 atom stereocenters. The normalized spacial score (nSPS) is 10.8. The van der Waals surface area contributed by atoms with Crippen LogP contribution in [0.25, 0.3) is 0 Å². The van der Waals surface area contributed by atoms with Gasteiger partial charge in [0.05, 0.1) is 11.4 Å². The van der Waals surface area contributed by atoms with Gasteiger partial charge in [-0.05, 0) is 61.7 Å². The fraction of sp³-hybridized carbons (Fsp3) is 0.133. The van der Waals surface area contributed by atoms with Crippen molar-refractivity contribution in [1.29, 1.82) is 0 Å². The first-order valence-electron chi connectivity index (χ1n) is 5.86. The number of benzene rings is 2. The highest BCUT2D eigenvalue weighted by Crippen LogP contribution is 2.22. The van der Waals surface area contributed by atoms with E-state index in [0.717, 1.165) is 11.4 Å². The summed E-state index contributed by atoms with van der Waals surface area (Å²) < 4.78 is 0. The van der Waals surface area contributed by atoms with Gasteiger partial charge in [-0.2, -0.15) is 10.2 Å². The average Bonchev–Trinajstić information content (AvgIpc) is 2.46. The topological polar surface area (TPSA) is 41.8 Å². The van der Waals surface area contributed by atoms with Crippen LogP contribution in [0.15, 0.2) is 63.7 Å². The standard InChI is InChI=1S/C15H14N2OS/c1-11(18)12-3-5-13(6-4-12)16-17-14-7-9-15(19-2)10-8-14/h3-10H,1-2H3. The van der Waals surface area contributed by atoms with Crippen molar-refractivity contribution in [3.63, 3.8) is 0 Å². The molecule has 0 spiro atoms. The Labute approximate surface area is 116 Å². The lowest BCUT2D eigenvalue weighted by molar-refractivity contribution is 0.101. The third-order valence-corrected chi connectivity index (χ3v) is 3.37. The van der Waals surface area contributed by atoms with E-state index < -0.39 is 0 Å². The van der Waals surface area contributed by atoms with Crippen LogP contribution in [0.3, 0.4) is 0 Å². The lowest BCUT2D eigenvalue weighted by Gasteiger charge is -1.97. The maximum absolute atomic E-state index is 11.1. The number of hydrogen-bond acceptors (Lipinski definition) is 4. The molecule has 2 aromatic carbocycles. The van der Waals surface area contributed by atoms with E-state index in [1.54, 1.807) is 43.0 Å². The predicted molar refractivity (Wildman–Crippen MR) is 78.8 cm³/mol. The number of hydrogen-bond donors (Lipinski definition) is 0. The molecule has 0 aliphatic heterocycles. The van der Waals surface area contributed by atoms with Crippen molar-refractivity contribution in [3.05, 3.63) is 54.1 Å². The van der Waals surface area contributed by atoms with E-state index in [1.807, 2.05) is 30.5 Å². The van der Waals surface area contributed by atoms with Crippen LogP contribution in [0.2, 0.25) is 0 Å². The first-order valence-corrected chi connectivity index (χ1v) is 7.08. The second-order valence-electron chi connectivity index (χ2n) is 4.00. The third kappa shape index (κ3) is 3.76. The first kappa shape index (κ1) is 13.5. The smallest absolute Gasteiger partial charge is 0.159 e. The molecular formula is C15H14N2OS. The molecule has 0 N–H and O–H groups in total. The maximum Gasteiger partial charge on any atom is 0.159 e. The zero-order chi connectivity index (χ0) is 13.7. The van der Waals surface area contributed by atoms with Crippen LogP contribution in [0.1, 0.15) is 17.3 Å². The molecule has 0 saturated carbocycles. The molecule has 3 nitrogen and oxygen atoms in total. The van der Waals surface area contributed by atoms with Crippen LogP contribution < -0.4 is 0 Å². The van der Waals surface area contributed by atoms with Crippen LogP contribution in [0.4, 0.5) is 11.4 Å². The number of thioether (sulfide) groups is 1. The molecule has 0 aliphatic carbocycles. The van der Waals surface area contributed by atoms with Crippen molar-refractivity contribution in [2.45, 2.75) is 11.8 Å². The van der Waals surface area contributed by atoms with Gasteiger partial charge < -0.3 is 0 Å². The van der Waals surface area contributed by atoms with Crippen molar-refractivity contribution in [2.24, 2.45) is 10.2 Å². The summed E-state index contributed by atoms with van der Waals surface area (Å²) in [4.78, 5) is 12.3. The Morgan fingerprint density at radius 1 is 0.895 bits per heavy atom. The molecule has 0 unspecified atom stereocenters. The number of carbonyl (C=O) groups is 1. The Hall–Kier alpha value is -1.94. The van der Waals surface area contributed by atoms with Crippen LogP contribution >= 0.6 is 11.8 Å². The summed E-state index contributed by atoms with van der Waals surface area (Å²) in [5, 5.41) is 8.30. The van der Waals surface area contributed by atoms with Crippen molar-refractivity contribution < 1.29 is 4.79 Å². The summed E-state index contributed by atoms with van der Waals surface area (Å²) in [5.74, 6) is 0.0520. The lowest BCUT2D eigenvalue weighted by Crippen LogP contribution is -1.89. The first-order chi connectivity index (χ1) is 9.19. The van der Waals surface area contributed by atoms with Crippen molar-refractivity contribution in [1.82, 2.24) is 0 Å². The van der Waals surface area contributed by atoms with Gasteiger partial charge in [-0.3, -0.25) is 4.79 Å². The molecule has 0 fully saturated rings. The number of carbonyl (C=O) groups excluding carboxylic acids is 1. The fourth-order valence-corrected chi connectivity index (χ4v) is 1.94. The van der Waals surface area contributed by atoms with E-state index in [9.17, 15) is 4.79 Å². The highest BCUT2D eigenvalue weighted by Gasteiger charge is 1.98. The SMILES string of the molecule is CSc1ccc(N=Nc2ccc(C(C)=O)cc2)cc1. The minimum absolute atomic E-state index is 0.0520. The molecule has 4 heteroatoms. The Bertz CT molecular complexity index is 589. The predicted octanol–water partition coefficient (Wildman–Crippen LogP) is 5.03. The number of nitrogens with zero attached hydrogens (tertiary/aromatic N) is 2. The van der Waals surface area contributed by atoms with Crippen LogP contribution in [0, 0.1) is 0 Å². The van der Waals surface area contributed by atoms with Gasteiger partial charge in [-0.15, -0.1) is 11.8 Å². The van der Waals surface area contributed by atoms with Gasteiger partial charge in [0.15, 0.2) is 5.78 Å². The van der Waals surface area contributed by atoms with E-state index >= 15 is 0 Å². The molecule has 0 amide bonds. The Morgan fingerprint density at radius 2 is 1.37 bits per heavy atom. The number of Topliss-reactive ketones (excluding diaryl/α,β-unsaturated/α-hetero) is 1. The van der Waals surface area contributed by atoms with Gasteiger partial charge in [0.1, 0.15) is 0 Å². The molecule has 0 aromatic heterocycles. The van der Waals surface area contributed by atoms with E-state index in [2.05, 4.69) is 10.2 Å². The molecule has 0 saturated heterocycles. The molecule has 0 aliphatic rings. The minimum Gasteiger partial charge on any atom is -0.295 e. The summed E-state index contributed by atoms with van der Waals surface area (Å²) in [6.45, 7) is 1.55. The van der Waals surface area contributed by atoms with Gasteiger partial charge >= 0.3 is 0 Å². The molecule has 19 heavy (non-hydrogen) atoms. The quantitative estimate of drug-likeness (QED) is 0.444.